The molecular formula is C44H81NO6. The normalized spacial score (nSPS) is 14.4. The molecule has 1 aliphatic rings. The van der Waals surface area contributed by atoms with Crippen LogP contribution in [0.2, 0.25) is 0 Å². The molecule has 0 aromatic carbocycles. The van der Waals surface area contributed by atoms with E-state index >= 15 is 0 Å². The van der Waals surface area contributed by atoms with Crippen LogP contribution in [0.4, 0.5) is 0 Å². The van der Waals surface area contributed by atoms with Crippen LogP contribution in [0.1, 0.15) is 194 Å². The highest BCUT2D eigenvalue weighted by molar-refractivity contribution is 5.69. The van der Waals surface area contributed by atoms with E-state index < -0.39 is 0 Å². The van der Waals surface area contributed by atoms with Gasteiger partial charge in [0, 0.05) is 19.4 Å². The van der Waals surface area contributed by atoms with Crippen LogP contribution in [0.3, 0.4) is 0 Å². The Hall–Kier alpha value is -1.70. The summed E-state index contributed by atoms with van der Waals surface area (Å²) in [6.45, 7) is 11.6. The minimum atomic E-state index is -0.183. The van der Waals surface area contributed by atoms with Crippen LogP contribution in [-0.2, 0) is 28.5 Å². The van der Waals surface area contributed by atoms with Crippen molar-refractivity contribution in [3.63, 3.8) is 0 Å². The van der Waals surface area contributed by atoms with Gasteiger partial charge in [-0.15, -0.1) is 0 Å². The topological polar surface area (TPSA) is 74.3 Å². The standard InChI is InChI=1S/C44H81NO6/c1-4-6-8-10-12-20-28-38-49-43(46)33-24-18-14-16-22-31-42(51-41(3)48-40-30-37-45-35-26-27-36-45)32-23-17-15-19-25-34-44(47)50-39-29-21-13-11-9-7-5-2/h20-21,28-29,41-42H,4-19,22-27,30-40H2,1-3H3/b28-20-,29-21-. The van der Waals surface area contributed by atoms with E-state index in [0.29, 0.717) is 26.1 Å². The molecule has 1 aliphatic heterocycles. The molecule has 1 heterocycles. The second-order valence-corrected chi connectivity index (χ2v) is 14.7. The monoisotopic (exact) mass is 720 g/mol. The number of esters is 2. The molecule has 0 aliphatic carbocycles. The molecule has 1 saturated heterocycles. The SMILES string of the molecule is CCCCCC/C=C\COC(=O)CCCCCCCC(CCCCCCCC(=O)OC/C=C\CCCCCC)OC(C)OCCCN1CCCC1. The zero-order valence-corrected chi connectivity index (χ0v) is 33.7. The van der Waals surface area contributed by atoms with Crippen molar-refractivity contribution in [2.75, 3.05) is 39.5 Å². The van der Waals surface area contributed by atoms with Crippen LogP contribution in [0.25, 0.3) is 0 Å². The van der Waals surface area contributed by atoms with Gasteiger partial charge in [-0.2, -0.15) is 0 Å². The van der Waals surface area contributed by atoms with Crippen molar-refractivity contribution >= 4 is 11.9 Å². The summed E-state index contributed by atoms with van der Waals surface area (Å²) in [6, 6.07) is 0. The average molecular weight is 720 g/mol. The summed E-state index contributed by atoms with van der Waals surface area (Å²) in [5, 5.41) is 0. The number of likely N-dealkylation sites (tertiary alicyclic amines) is 1. The Morgan fingerprint density at radius 1 is 0.588 bits per heavy atom. The lowest BCUT2D eigenvalue weighted by molar-refractivity contribution is -0.164. The maximum atomic E-state index is 12.1. The highest BCUT2D eigenvalue weighted by Crippen LogP contribution is 2.19. The molecule has 0 spiro atoms. The zero-order chi connectivity index (χ0) is 36.9. The zero-order valence-electron chi connectivity index (χ0n) is 33.7. The van der Waals surface area contributed by atoms with Gasteiger partial charge < -0.3 is 23.8 Å². The van der Waals surface area contributed by atoms with Crippen LogP contribution < -0.4 is 0 Å². The molecule has 1 unspecified atom stereocenters. The molecule has 1 fully saturated rings. The van der Waals surface area contributed by atoms with Crippen molar-refractivity contribution < 1.29 is 28.5 Å². The maximum absolute atomic E-state index is 12.1. The Kier molecular flexibility index (Phi) is 34.0. The van der Waals surface area contributed by atoms with Crippen molar-refractivity contribution in [3.05, 3.63) is 24.3 Å². The molecule has 0 saturated carbocycles. The minimum absolute atomic E-state index is 0.0790. The van der Waals surface area contributed by atoms with Gasteiger partial charge >= 0.3 is 11.9 Å². The first kappa shape index (κ1) is 47.3. The largest absolute Gasteiger partial charge is 0.461 e. The Balaban J connectivity index is 2.20. The van der Waals surface area contributed by atoms with Gasteiger partial charge in [-0.05, 0) is 90.6 Å². The molecule has 0 bridgehead atoms. The van der Waals surface area contributed by atoms with E-state index in [1.165, 1.54) is 77.3 Å². The Bertz CT molecular complexity index is 787. The van der Waals surface area contributed by atoms with Crippen molar-refractivity contribution in [1.29, 1.82) is 0 Å². The molecule has 0 N–H and O–H groups in total. The number of ether oxygens (including phenoxy) is 4. The Labute approximate surface area is 315 Å². The van der Waals surface area contributed by atoms with Crippen LogP contribution in [0.15, 0.2) is 24.3 Å². The third-order valence-corrected chi connectivity index (χ3v) is 9.83. The van der Waals surface area contributed by atoms with Crippen LogP contribution in [-0.4, -0.2) is 68.7 Å². The van der Waals surface area contributed by atoms with Crippen LogP contribution >= 0.6 is 0 Å². The predicted molar refractivity (Wildman–Crippen MR) is 213 cm³/mol. The summed E-state index contributed by atoms with van der Waals surface area (Å²) in [4.78, 5) is 26.6. The number of nitrogens with zero attached hydrogens (tertiary/aromatic N) is 1. The maximum Gasteiger partial charge on any atom is 0.306 e. The van der Waals surface area contributed by atoms with Crippen molar-refractivity contribution in [1.82, 2.24) is 4.90 Å². The fourth-order valence-corrected chi connectivity index (χ4v) is 6.65. The van der Waals surface area contributed by atoms with Gasteiger partial charge in [0.15, 0.2) is 6.29 Å². The number of rotatable bonds is 37. The Morgan fingerprint density at radius 2 is 1.06 bits per heavy atom. The summed E-state index contributed by atoms with van der Waals surface area (Å²) in [5.74, 6) is -0.158. The van der Waals surface area contributed by atoms with E-state index in [4.69, 9.17) is 18.9 Å². The summed E-state index contributed by atoms with van der Waals surface area (Å²) in [5.41, 5.74) is 0. The molecule has 7 heteroatoms. The summed E-state index contributed by atoms with van der Waals surface area (Å²) >= 11 is 0. The van der Waals surface area contributed by atoms with Gasteiger partial charge in [0.05, 0.1) is 12.7 Å². The summed E-state index contributed by atoms with van der Waals surface area (Å²) < 4.78 is 23.2. The van der Waals surface area contributed by atoms with Crippen LogP contribution in [0, 0.1) is 0 Å². The predicted octanol–water partition coefficient (Wildman–Crippen LogP) is 11.8. The van der Waals surface area contributed by atoms with E-state index in [-0.39, 0.29) is 24.3 Å². The Morgan fingerprint density at radius 3 is 1.57 bits per heavy atom. The number of hydrogen-bond acceptors (Lipinski definition) is 7. The number of carbonyl (C=O) groups excluding carboxylic acids is 2. The average Bonchev–Trinajstić information content (AvgIpc) is 3.65. The molecule has 298 valence electrons. The van der Waals surface area contributed by atoms with Crippen molar-refractivity contribution in [3.8, 4) is 0 Å². The van der Waals surface area contributed by atoms with E-state index in [9.17, 15) is 9.59 Å². The third kappa shape index (κ3) is 32.7. The van der Waals surface area contributed by atoms with E-state index in [2.05, 4.69) is 30.9 Å². The second-order valence-electron chi connectivity index (χ2n) is 14.7. The molecule has 0 aromatic heterocycles. The summed E-state index contributed by atoms with van der Waals surface area (Å²) in [6.07, 6.45) is 38.2. The minimum Gasteiger partial charge on any atom is -0.461 e. The quantitative estimate of drug-likeness (QED) is 0.0274. The first-order valence-corrected chi connectivity index (χ1v) is 21.7. The lowest BCUT2D eigenvalue weighted by atomic mass is 10.0. The van der Waals surface area contributed by atoms with Gasteiger partial charge in [-0.1, -0.05) is 128 Å². The van der Waals surface area contributed by atoms with E-state index in [1.54, 1.807) is 0 Å². The van der Waals surface area contributed by atoms with Crippen molar-refractivity contribution in [2.45, 2.75) is 207 Å². The van der Waals surface area contributed by atoms with E-state index in [0.717, 1.165) is 109 Å². The fourth-order valence-electron chi connectivity index (χ4n) is 6.65. The second kappa shape index (κ2) is 36.6. The molecule has 1 atom stereocenters. The lowest BCUT2D eigenvalue weighted by Gasteiger charge is -2.23. The van der Waals surface area contributed by atoms with Gasteiger partial charge in [0.1, 0.15) is 13.2 Å². The van der Waals surface area contributed by atoms with Gasteiger partial charge in [-0.25, -0.2) is 0 Å². The molecule has 7 nitrogen and oxygen atoms in total. The molecule has 51 heavy (non-hydrogen) atoms. The highest BCUT2D eigenvalue weighted by Gasteiger charge is 2.15. The third-order valence-electron chi connectivity index (χ3n) is 9.83. The lowest BCUT2D eigenvalue weighted by Crippen LogP contribution is -2.25. The van der Waals surface area contributed by atoms with Crippen LogP contribution in [0.5, 0.6) is 0 Å². The van der Waals surface area contributed by atoms with Crippen molar-refractivity contribution in [2.24, 2.45) is 0 Å². The number of unbranched alkanes of at least 4 members (excludes halogenated alkanes) is 16. The molecular weight excluding hydrogens is 638 g/mol. The number of allylic oxidation sites excluding steroid dienone is 2. The van der Waals surface area contributed by atoms with Gasteiger partial charge in [0.25, 0.3) is 0 Å². The smallest absolute Gasteiger partial charge is 0.306 e. The van der Waals surface area contributed by atoms with E-state index in [1.807, 2.05) is 19.1 Å². The van der Waals surface area contributed by atoms with Gasteiger partial charge in [0.2, 0.25) is 0 Å². The highest BCUT2D eigenvalue weighted by atomic mass is 16.7. The fraction of sp³-hybridized carbons (Fsp3) is 0.864. The van der Waals surface area contributed by atoms with Gasteiger partial charge in [-0.3, -0.25) is 9.59 Å². The summed E-state index contributed by atoms with van der Waals surface area (Å²) in [7, 11) is 0. The molecule has 0 aromatic rings. The molecule has 1 rings (SSSR count). The number of carbonyl (C=O) groups is 2. The molecule has 0 amide bonds. The number of hydrogen-bond donors (Lipinski definition) is 0. The first-order valence-electron chi connectivity index (χ1n) is 21.7. The first-order chi connectivity index (χ1) is 25.0. The molecule has 0 radical (unpaired) electrons.